The molecule has 0 bridgehead atoms. The number of hydrogen-bond acceptors (Lipinski definition) is 6. The molecule has 1 fully saturated rings. The van der Waals surface area contributed by atoms with E-state index in [1.807, 2.05) is 0 Å². The van der Waals surface area contributed by atoms with Gasteiger partial charge in [-0.3, -0.25) is 0 Å². The second-order valence-corrected chi connectivity index (χ2v) is 1.29. The van der Waals surface area contributed by atoms with E-state index >= 15 is 0 Å². The Labute approximate surface area is 56.7 Å². The Hall–Kier alpha value is -0.621. The molecule has 0 saturated carbocycles. The van der Waals surface area contributed by atoms with Gasteiger partial charge < -0.3 is 5.21 Å². The molecule has 0 spiro atoms. The second-order valence-electron chi connectivity index (χ2n) is 0.748. The molecule has 0 amide bonds. The molecule has 0 aromatic rings. The summed E-state index contributed by atoms with van der Waals surface area (Å²) < 4.78 is 7.92. The van der Waals surface area contributed by atoms with Crippen LogP contribution in [0.4, 0.5) is 0 Å². The Balaban J connectivity index is 0.000000291. The SMILES string of the molecule is NO.O=C1[O][Cu][O]C1=O. The molecule has 1 heterocycles. The zero-order chi connectivity index (χ0) is 7.28. The number of nitrogens with two attached hydrogens (primary N) is 1. The maximum atomic E-state index is 9.85. The van der Waals surface area contributed by atoms with Crippen LogP contribution < -0.4 is 5.90 Å². The first-order valence-corrected chi connectivity index (χ1v) is 2.34. The van der Waals surface area contributed by atoms with Gasteiger partial charge in [-0.2, -0.15) is 0 Å². The van der Waals surface area contributed by atoms with Gasteiger partial charge >= 0.3 is 44.8 Å². The number of rotatable bonds is 0. The first kappa shape index (κ1) is 8.38. The van der Waals surface area contributed by atoms with Crippen LogP contribution in [0.2, 0.25) is 0 Å². The molecule has 1 rings (SSSR count). The molecule has 9 heavy (non-hydrogen) atoms. The Morgan fingerprint density at radius 1 is 1.22 bits per heavy atom. The fraction of sp³-hybridized carbons (Fsp3) is 0. The quantitative estimate of drug-likeness (QED) is 0.265. The second kappa shape index (κ2) is 4.28. The summed E-state index contributed by atoms with van der Waals surface area (Å²) in [4.78, 5) is 19.7. The van der Waals surface area contributed by atoms with Crippen LogP contribution in [0.1, 0.15) is 0 Å². The Bertz CT molecular complexity index is 110. The summed E-state index contributed by atoms with van der Waals surface area (Å²) in [6.45, 7) is 0. The molecule has 0 unspecified atom stereocenters. The van der Waals surface area contributed by atoms with Crippen LogP contribution in [0, 0.1) is 0 Å². The van der Waals surface area contributed by atoms with E-state index < -0.39 is 11.9 Å². The van der Waals surface area contributed by atoms with E-state index in [0.717, 1.165) is 0 Å². The minimum absolute atomic E-state index is 0.468. The average Bonchev–Trinajstić information content (AvgIpc) is 2.23. The summed E-state index contributed by atoms with van der Waals surface area (Å²) in [6, 6.07) is 0. The first-order chi connectivity index (χ1) is 4.30. The summed E-state index contributed by atoms with van der Waals surface area (Å²) in [5.74, 6) is 1.61. The molecule has 0 aromatic carbocycles. The van der Waals surface area contributed by atoms with Gasteiger partial charge in [0, 0.05) is 0 Å². The van der Waals surface area contributed by atoms with Crippen LogP contribution in [-0.2, 0) is 32.8 Å². The van der Waals surface area contributed by atoms with Gasteiger partial charge in [0.05, 0.1) is 0 Å². The molecule has 3 N–H and O–H groups in total. The average molecular weight is 185 g/mol. The topological polar surface area (TPSA) is 98.8 Å². The van der Waals surface area contributed by atoms with Crippen molar-refractivity contribution in [1.82, 2.24) is 0 Å². The van der Waals surface area contributed by atoms with E-state index in [4.69, 9.17) is 5.21 Å². The van der Waals surface area contributed by atoms with Crippen LogP contribution in [-0.4, -0.2) is 17.1 Å². The van der Waals surface area contributed by atoms with Crippen LogP contribution in [0.25, 0.3) is 0 Å². The van der Waals surface area contributed by atoms with E-state index in [1.54, 1.807) is 0 Å². The van der Waals surface area contributed by atoms with Gasteiger partial charge in [0.2, 0.25) is 0 Å². The summed E-state index contributed by atoms with van der Waals surface area (Å²) in [6.07, 6.45) is 0. The standard InChI is InChI=1S/C2H2O4.Cu.H3NO/c3-1(4)2(5)6;;1-2/h(H,3,4)(H,5,6);;2H,1H2/q;+2;/p-2. The van der Waals surface area contributed by atoms with Crippen molar-refractivity contribution in [3.05, 3.63) is 0 Å². The zero-order valence-electron chi connectivity index (χ0n) is 3.96. The van der Waals surface area contributed by atoms with E-state index in [-0.39, 0.29) is 0 Å². The van der Waals surface area contributed by atoms with Gasteiger partial charge in [-0.1, -0.05) is 0 Å². The van der Waals surface area contributed by atoms with Gasteiger partial charge in [-0.15, -0.1) is 0 Å². The van der Waals surface area contributed by atoms with Crippen molar-refractivity contribution < 1.29 is 38.1 Å². The Kier molecular flexibility index (Phi) is 3.98. The third-order valence-electron chi connectivity index (χ3n) is 0.329. The van der Waals surface area contributed by atoms with Crippen molar-refractivity contribution in [3.8, 4) is 0 Å². The van der Waals surface area contributed by atoms with Crippen LogP contribution in [0.3, 0.4) is 0 Å². The van der Waals surface area contributed by atoms with Crippen molar-refractivity contribution in [2.45, 2.75) is 0 Å². The number of carbonyl (C=O) groups is 2. The normalized spacial score (nSPS) is 16.2. The third-order valence-corrected chi connectivity index (χ3v) is 0.835. The van der Waals surface area contributed by atoms with E-state index in [2.05, 4.69) is 13.5 Å². The van der Waals surface area contributed by atoms with E-state index in [1.165, 1.54) is 0 Å². The van der Waals surface area contributed by atoms with Crippen molar-refractivity contribution in [2.75, 3.05) is 0 Å². The van der Waals surface area contributed by atoms with Gasteiger partial charge in [0.1, 0.15) is 0 Å². The molecule has 0 aliphatic carbocycles. The van der Waals surface area contributed by atoms with Crippen LogP contribution >= 0.6 is 0 Å². The summed E-state index contributed by atoms with van der Waals surface area (Å²) in [7, 11) is 0. The van der Waals surface area contributed by atoms with E-state index in [0.29, 0.717) is 15.6 Å². The molecule has 1 aliphatic rings. The third kappa shape index (κ3) is 2.43. The molecule has 1 saturated heterocycles. The van der Waals surface area contributed by atoms with Crippen LogP contribution in [0.5, 0.6) is 0 Å². The molecule has 0 radical (unpaired) electrons. The molecule has 7 heteroatoms. The molecule has 1 aliphatic heterocycles. The first-order valence-electron chi connectivity index (χ1n) is 1.57. The van der Waals surface area contributed by atoms with Crippen molar-refractivity contribution in [3.63, 3.8) is 0 Å². The number of carbonyl (C=O) groups excluding carboxylic acids is 2. The van der Waals surface area contributed by atoms with Crippen molar-refractivity contribution >= 4 is 11.9 Å². The molecule has 6 nitrogen and oxygen atoms in total. The molecule has 0 aromatic heterocycles. The predicted octanol–water partition coefficient (Wildman–Crippen LogP) is -1.67. The molecule has 57 valence electrons. The Morgan fingerprint density at radius 3 is 1.67 bits per heavy atom. The zero-order valence-corrected chi connectivity index (χ0v) is 4.90. The maximum absolute atomic E-state index is 9.85. The van der Waals surface area contributed by atoms with Gasteiger partial charge in [-0.05, 0) is 0 Å². The summed E-state index contributed by atoms with van der Waals surface area (Å²) >= 11 is 0.468. The molecule has 0 atom stereocenters. The predicted molar refractivity (Wildman–Crippen MR) is 18.2 cm³/mol. The summed E-state index contributed by atoms with van der Waals surface area (Å²) in [5, 5.41) is 6.50. The van der Waals surface area contributed by atoms with Crippen molar-refractivity contribution in [1.29, 1.82) is 0 Å². The molecular weight excluding hydrogens is 182 g/mol. The molecular formula is C2H3CuNO5. The minimum atomic E-state index is -0.944. The Morgan fingerprint density at radius 2 is 1.56 bits per heavy atom. The fourth-order valence-corrected chi connectivity index (χ4v) is 0.447. The van der Waals surface area contributed by atoms with Gasteiger partial charge in [-0.25, -0.2) is 5.90 Å². The van der Waals surface area contributed by atoms with Gasteiger partial charge in [0.25, 0.3) is 0 Å². The van der Waals surface area contributed by atoms with E-state index in [9.17, 15) is 9.59 Å². The number of hydrogen-bond donors (Lipinski definition) is 2. The summed E-state index contributed by atoms with van der Waals surface area (Å²) in [5.41, 5.74) is 0. The van der Waals surface area contributed by atoms with Crippen LogP contribution in [0.15, 0.2) is 0 Å². The fourth-order valence-electron chi connectivity index (χ4n) is 0.108. The van der Waals surface area contributed by atoms with Crippen molar-refractivity contribution in [2.24, 2.45) is 5.90 Å². The van der Waals surface area contributed by atoms with Gasteiger partial charge in [0.15, 0.2) is 0 Å². The monoisotopic (exact) mass is 184 g/mol.